The van der Waals surface area contributed by atoms with Crippen LogP contribution >= 0.6 is 11.8 Å². The quantitative estimate of drug-likeness (QED) is 0.833. The summed E-state index contributed by atoms with van der Waals surface area (Å²) in [6, 6.07) is 6.31. The minimum absolute atomic E-state index is 0.149. The molecule has 6 heteroatoms. The van der Waals surface area contributed by atoms with Crippen molar-refractivity contribution in [1.82, 2.24) is 4.90 Å². The Balaban J connectivity index is 2.07. The van der Waals surface area contributed by atoms with Crippen LogP contribution in [0.1, 0.15) is 0 Å². The van der Waals surface area contributed by atoms with Crippen molar-refractivity contribution in [2.75, 3.05) is 19.3 Å². The summed E-state index contributed by atoms with van der Waals surface area (Å²) >= 11 is 1.68. The van der Waals surface area contributed by atoms with Crippen molar-refractivity contribution in [3.63, 3.8) is 0 Å². The molecule has 0 amide bonds. The molecule has 1 fully saturated rings. The molecular formula is C11H12F2N2OS. The van der Waals surface area contributed by atoms with Crippen LogP contribution < -0.4 is 4.74 Å². The van der Waals surface area contributed by atoms with E-state index in [1.165, 1.54) is 12.1 Å². The molecule has 0 bridgehead atoms. The summed E-state index contributed by atoms with van der Waals surface area (Å²) in [5, 5.41) is 0.951. The van der Waals surface area contributed by atoms with Crippen LogP contribution in [0, 0.1) is 0 Å². The van der Waals surface area contributed by atoms with Crippen LogP contribution in [0.3, 0.4) is 0 Å². The Labute approximate surface area is 102 Å². The molecule has 0 spiro atoms. The highest BCUT2D eigenvalue weighted by molar-refractivity contribution is 8.14. The highest BCUT2D eigenvalue weighted by atomic mass is 32.2. The third kappa shape index (κ3) is 3.33. The van der Waals surface area contributed by atoms with E-state index in [9.17, 15) is 8.78 Å². The average molecular weight is 258 g/mol. The van der Waals surface area contributed by atoms with Crippen molar-refractivity contribution in [2.45, 2.75) is 6.61 Å². The van der Waals surface area contributed by atoms with Crippen LogP contribution in [0.2, 0.25) is 0 Å². The molecule has 1 aliphatic rings. The van der Waals surface area contributed by atoms with Gasteiger partial charge < -0.3 is 9.64 Å². The average Bonchev–Trinajstić information content (AvgIpc) is 2.67. The molecule has 1 aromatic carbocycles. The van der Waals surface area contributed by atoms with Gasteiger partial charge in [0.15, 0.2) is 5.17 Å². The van der Waals surface area contributed by atoms with Crippen LogP contribution in [0.4, 0.5) is 14.5 Å². The van der Waals surface area contributed by atoms with E-state index in [1.807, 2.05) is 7.05 Å². The number of amidine groups is 1. The number of ether oxygens (including phenoxy) is 1. The number of alkyl halides is 2. The summed E-state index contributed by atoms with van der Waals surface area (Å²) in [6.07, 6.45) is 0. The van der Waals surface area contributed by atoms with Crippen LogP contribution in [0.15, 0.2) is 29.3 Å². The SMILES string of the molecule is CN1CCSC1=Nc1ccc(OC(F)F)cc1. The predicted octanol–water partition coefficient (Wildman–Crippen LogP) is 2.95. The van der Waals surface area contributed by atoms with Gasteiger partial charge in [0.2, 0.25) is 0 Å². The fourth-order valence-corrected chi connectivity index (χ4v) is 2.44. The smallest absolute Gasteiger partial charge is 0.387 e. The van der Waals surface area contributed by atoms with Gasteiger partial charge in [0.1, 0.15) is 5.75 Å². The zero-order chi connectivity index (χ0) is 12.3. The second kappa shape index (κ2) is 5.35. The number of hydrogen-bond acceptors (Lipinski definition) is 3. The zero-order valence-electron chi connectivity index (χ0n) is 9.27. The molecule has 1 aromatic rings. The van der Waals surface area contributed by atoms with Gasteiger partial charge in [-0.1, -0.05) is 11.8 Å². The lowest BCUT2D eigenvalue weighted by molar-refractivity contribution is -0.0498. The number of nitrogens with zero attached hydrogens (tertiary/aromatic N) is 2. The Hall–Kier alpha value is -1.30. The summed E-state index contributed by atoms with van der Waals surface area (Å²) in [6.45, 7) is -1.81. The predicted molar refractivity (Wildman–Crippen MR) is 65.3 cm³/mol. The summed E-state index contributed by atoms with van der Waals surface area (Å²) in [4.78, 5) is 6.49. The molecule has 0 saturated carbocycles. The lowest BCUT2D eigenvalue weighted by atomic mass is 10.3. The number of aliphatic imine (C=N–C) groups is 1. The molecule has 1 heterocycles. The van der Waals surface area contributed by atoms with E-state index in [0.29, 0.717) is 0 Å². The van der Waals surface area contributed by atoms with E-state index in [4.69, 9.17) is 0 Å². The standard InChI is InChI=1S/C11H12F2N2OS/c1-15-6-7-17-11(15)14-8-2-4-9(5-3-8)16-10(12)13/h2-5,10H,6-7H2,1H3. The number of halogens is 2. The first-order valence-corrected chi connectivity index (χ1v) is 6.11. The molecule has 2 rings (SSSR count). The molecule has 0 unspecified atom stereocenters. The van der Waals surface area contributed by atoms with Gasteiger partial charge >= 0.3 is 6.61 Å². The maximum Gasteiger partial charge on any atom is 0.387 e. The Morgan fingerprint density at radius 1 is 1.35 bits per heavy atom. The fourth-order valence-electron chi connectivity index (χ4n) is 1.41. The maximum absolute atomic E-state index is 11.9. The van der Waals surface area contributed by atoms with Gasteiger partial charge in [-0.3, -0.25) is 0 Å². The van der Waals surface area contributed by atoms with Crippen molar-refractivity contribution < 1.29 is 13.5 Å². The van der Waals surface area contributed by atoms with Crippen LogP contribution in [0.25, 0.3) is 0 Å². The highest BCUT2D eigenvalue weighted by Gasteiger charge is 2.14. The van der Waals surface area contributed by atoms with Crippen molar-refractivity contribution in [2.24, 2.45) is 4.99 Å². The second-order valence-electron chi connectivity index (χ2n) is 3.54. The Bertz CT molecular complexity index is 408. The van der Waals surface area contributed by atoms with Crippen molar-refractivity contribution >= 4 is 22.6 Å². The van der Waals surface area contributed by atoms with E-state index in [0.717, 1.165) is 23.2 Å². The zero-order valence-corrected chi connectivity index (χ0v) is 10.1. The van der Waals surface area contributed by atoms with E-state index in [1.54, 1.807) is 23.9 Å². The Morgan fingerprint density at radius 2 is 2.06 bits per heavy atom. The maximum atomic E-state index is 11.9. The van der Waals surface area contributed by atoms with Crippen molar-refractivity contribution in [3.05, 3.63) is 24.3 Å². The van der Waals surface area contributed by atoms with Gasteiger partial charge in [-0.15, -0.1) is 0 Å². The van der Waals surface area contributed by atoms with E-state index >= 15 is 0 Å². The third-order valence-electron chi connectivity index (χ3n) is 2.27. The first kappa shape index (κ1) is 12.2. The van der Waals surface area contributed by atoms with Crippen LogP contribution in [-0.4, -0.2) is 36.0 Å². The molecule has 17 heavy (non-hydrogen) atoms. The molecule has 0 aliphatic carbocycles. The molecule has 3 nitrogen and oxygen atoms in total. The highest BCUT2D eigenvalue weighted by Crippen LogP contribution is 2.24. The number of rotatable bonds is 3. The Morgan fingerprint density at radius 3 is 2.59 bits per heavy atom. The van der Waals surface area contributed by atoms with Crippen LogP contribution in [-0.2, 0) is 0 Å². The molecule has 92 valence electrons. The molecule has 1 saturated heterocycles. The van der Waals surface area contributed by atoms with Crippen molar-refractivity contribution in [1.29, 1.82) is 0 Å². The second-order valence-corrected chi connectivity index (χ2v) is 4.60. The van der Waals surface area contributed by atoms with Gasteiger partial charge in [-0.2, -0.15) is 8.78 Å². The fraction of sp³-hybridized carbons (Fsp3) is 0.364. The molecule has 1 aliphatic heterocycles. The Kier molecular flexibility index (Phi) is 3.83. The summed E-state index contributed by atoms with van der Waals surface area (Å²) in [5.41, 5.74) is 0.739. The molecule has 0 N–H and O–H groups in total. The van der Waals surface area contributed by atoms with E-state index < -0.39 is 6.61 Å². The van der Waals surface area contributed by atoms with Gasteiger partial charge in [-0.05, 0) is 24.3 Å². The molecule has 0 aromatic heterocycles. The number of hydrogen-bond donors (Lipinski definition) is 0. The first-order valence-electron chi connectivity index (χ1n) is 5.12. The van der Waals surface area contributed by atoms with Gasteiger partial charge in [-0.25, -0.2) is 4.99 Å². The summed E-state index contributed by atoms with van der Waals surface area (Å²) < 4.78 is 28.1. The molecule has 0 radical (unpaired) electrons. The van der Waals surface area contributed by atoms with Gasteiger partial charge in [0.25, 0.3) is 0 Å². The van der Waals surface area contributed by atoms with Gasteiger partial charge in [0, 0.05) is 19.3 Å². The normalized spacial score (nSPS) is 18.1. The minimum Gasteiger partial charge on any atom is -0.435 e. The van der Waals surface area contributed by atoms with Gasteiger partial charge in [0.05, 0.1) is 5.69 Å². The lowest BCUT2D eigenvalue weighted by Gasteiger charge is -2.09. The third-order valence-corrected chi connectivity index (χ3v) is 3.32. The molecular weight excluding hydrogens is 246 g/mol. The van der Waals surface area contributed by atoms with Crippen LogP contribution in [0.5, 0.6) is 5.75 Å². The largest absolute Gasteiger partial charge is 0.435 e. The monoisotopic (exact) mass is 258 g/mol. The summed E-state index contributed by atoms with van der Waals surface area (Å²) in [5.74, 6) is 1.18. The number of benzene rings is 1. The van der Waals surface area contributed by atoms with E-state index in [2.05, 4.69) is 14.6 Å². The topological polar surface area (TPSA) is 24.8 Å². The lowest BCUT2D eigenvalue weighted by Crippen LogP contribution is -2.17. The number of thioether (sulfide) groups is 1. The summed E-state index contributed by atoms with van der Waals surface area (Å²) in [7, 11) is 1.98. The van der Waals surface area contributed by atoms with Crippen molar-refractivity contribution in [3.8, 4) is 5.75 Å². The minimum atomic E-state index is -2.79. The molecule has 0 atom stereocenters. The first-order chi connectivity index (χ1) is 8.15. The van der Waals surface area contributed by atoms with E-state index in [-0.39, 0.29) is 5.75 Å².